The van der Waals surface area contributed by atoms with Crippen LogP contribution in [0.4, 0.5) is 11.5 Å². The number of nitrogens with two attached hydrogens (primary N) is 1. The molecule has 0 radical (unpaired) electrons. The van der Waals surface area contributed by atoms with Gasteiger partial charge in [0, 0.05) is 13.5 Å². The van der Waals surface area contributed by atoms with Crippen molar-refractivity contribution >= 4 is 11.5 Å². The van der Waals surface area contributed by atoms with E-state index in [0.717, 1.165) is 25.1 Å². The molecular formula is C11H20N4O. The highest BCUT2D eigenvalue weighted by Crippen LogP contribution is 2.26. The van der Waals surface area contributed by atoms with E-state index in [4.69, 9.17) is 10.5 Å². The van der Waals surface area contributed by atoms with Crippen molar-refractivity contribution < 1.29 is 4.74 Å². The molecule has 5 nitrogen and oxygen atoms in total. The first kappa shape index (κ1) is 12.5. The van der Waals surface area contributed by atoms with E-state index in [-0.39, 0.29) is 0 Å². The SMILES string of the molecule is CCCOc1nc(CCC)nc(NC)c1N. The Balaban J connectivity index is 2.98. The molecule has 0 saturated heterocycles. The normalized spacial score (nSPS) is 10.2. The molecule has 1 rings (SSSR count). The second-order valence-corrected chi connectivity index (χ2v) is 3.56. The molecule has 0 atom stereocenters. The fraction of sp³-hybridized carbons (Fsp3) is 0.636. The third-order valence-electron chi connectivity index (χ3n) is 2.11. The van der Waals surface area contributed by atoms with Crippen LogP contribution >= 0.6 is 0 Å². The Morgan fingerprint density at radius 2 is 2.00 bits per heavy atom. The highest BCUT2D eigenvalue weighted by atomic mass is 16.5. The molecule has 3 N–H and O–H groups in total. The second-order valence-electron chi connectivity index (χ2n) is 3.56. The summed E-state index contributed by atoms with van der Waals surface area (Å²) in [4.78, 5) is 8.63. The van der Waals surface area contributed by atoms with Gasteiger partial charge in [-0.2, -0.15) is 4.98 Å². The Morgan fingerprint density at radius 1 is 1.25 bits per heavy atom. The fourth-order valence-electron chi connectivity index (χ4n) is 1.33. The fourth-order valence-corrected chi connectivity index (χ4v) is 1.33. The van der Waals surface area contributed by atoms with Gasteiger partial charge in [-0.05, 0) is 12.8 Å². The summed E-state index contributed by atoms with van der Waals surface area (Å²) in [5, 5.41) is 2.95. The Bertz CT molecular complexity index is 341. The van der Waals surface area contributed by atoms with Gasteiger partial charge >= 0.3 is 0 Å². The first-order chi connectivity index (χ1) is 7.72. The standard InChI is InChI=1S/C11H20N4O/c1-4-6-8-14-10(13-3)9(12)11(15-8)16-7-5-2/h4-7,12H2,1-3H3,(H,13,14,15). The van der Waals surface area contributed by atoms with Gasteiger partial charge in [0.1, 0.15) is 11.5 Å². The molecule has 0 spiro atoms. The third kappa shape index (κ3) is 2.98. The maximum atomic E-state index is 5.89. The van der Waals surface area contributed by atoms with Crippen molar-refractivity contribution in [1.82, 2.24) is 9.97 Å². The smallest absolute Gasteiger partial charge is 0.242 e. The molecule has 0 fully saturated rings. The lowest BCUT2D eigenvalue weighted by Gasteiger charge is -2.11. The van der Waals surface area contributed by atoms with E-state index in [0.29, 0.717) is 24.0 Å². The topological polar surface area (TPSA) is 73.1 Å². The van der Waals surface area contributed by atoms with Gasteiger partial charge < -0.3 is 15.8 Å². The summed E-state index contributed by atoms with van der Waals surface area (Å²) in [5.74, 6) is 1.90. The lowest BCUT2D eigenvalue weighted by Crippen LogP contribution is -2.09. The van der Waals surface area contributed by atoms with Gasteiger partial charge in [-0.1, -0.05) is 13.8 Å². The number of rotatable bonds is 6. The van der Waals surface area contributed by atoms with Crippen LogP contribution in [0.5, 0.6) is 5.88 Å². The zero-order valence-electron chi connectivity index (χ0n) is 10.2. The first-order valence-corrected chi connectivity index (χ1v) is 5.69. The largest absolute Gasteiger partial charge is 0.476 e. The molecule has 0 bridgehead atoms. The minimum absolute atomic E-state index is 0.482. The zero-order valence-corrected chi connectivity index (χ0v) is 10.2. The predicted molar refractivity (Wildman–Crippen MR) is 65.8 cm³/mol. The highest BCUT2D eigenvalue weighted by Gasteiger charge is 2.11. The molecule has 0 aliphatic rings. The monoisotopic (exact) mass is 224 g/mol. The molecule has 0 saturated carbocycles. The van der Waals surface area contributed by atoms with Crippen LogP contribution < -0.4 is 15.8 Å². The zero-order chi connectivity index (χ0) is 12.0. The van der Waals surface area contributed by atoms with E-state index >= 15 is 0 Å². The summed E-state index contributed by atoms with van der Waals surface area (Å²) >= 11 is 0. The van der Waals surface area contributed by atoms with Gasteiger partial charge in [0.05, 0.1) is 6.61 Å². The molecule has 0 unspecified atom stereocenters. The van der Waals surface area contributed by atoms with Crippen molar-refractivity contribution in [1.29, 1.82) is 0 Å². The van der Waals surface area contributed by atoms with E-state index in [1.54, 1.807) is 7.05 Å². The number of nitrogens with one attached hydrogen (secondary N) is 1. The average Bonchev–Trinajstić information content (AvgIpc) is 2.29. The van der Waals surface area contributed by atoms with Gasteiger partial charge in [-0.3, -0.25) is 0 Å². The first-order valence-electron chi connectivity index (χ1n) is 5.69. The number of aryl methyl sites for hydroxylation is 1. The molecule has 16 heavy (non-hydrogen) atoms. The van der Waals surface area contributed by atoms with Crippen LogP contribution in [-0.4, -0.2) is 23.6 Å². The molecule has 0 aromatic carbocycles. The Kier molecular flexibility index (Phi) is 4.82. The van der Waals surface area contributed by atoms with Crippen molar-refractivity contribution in [3.8, 4) is 5.88 Å². The number of aromatic nitrogens is 2. The summed E-state index contributed by atoms with van der Waals surface area (Å²) < 4.78 is 5.50. The van der Waals surface area contributed by atoms with Crippen LogP contribution in [0.15, 0.2) is 0 Å². The number of hydrogen-bond acceptors (Lipinski definition) is 5. The van der Waals surface area contributed by atoms with Crippen molar-refractivity contribution in [2.24, 2.45) is 0 Å². The number of ether oxygens (including phenoxy) is 1. The Labute approximate surface area is 96.4 Å². The lowest BCUT2D eigenvalue weighted by atomic mass is 10.3. The van der Waals surface area contributed by atoms with Crippen LogP contribution in [0.25, 0.3) is 0 Å². The number of anilines is 2. The van der Waals surface area contributed by atoms with Crippen LogP contribution in [0.2, 0.25) is 0 Å². The minimum Gasteiger partial charge on any atom is -0.476 e. The van der Waals surface area contributed by atoms with Crippen LogP contribution in [-0.2, 0) is 6.42 Å². The third-order valence-corrected chi connectivity index (χ3v) is 2.11. The molecule has 90 valence electrons. The van der Waals surface area contributed by atoms with Crippen molar-refractivity contribution in [2.45, 2.75) is 33.1 Å². The van der Waals surface area contributed by atoms with Gasteiger partial charge in [-0.25, -0.2) is 4.98 Å². The van der Waals surface area contributed by atoms with Gasteiger partial charge in [-0.15, -0.1) is 0 Å². The Hall–Kier alpha value is -1.52. The summed E-state index contributed by atoms with van der Waals surface area (Å²) in [6, 6.07) is 0. The maximum absolute atomic E-state index is 5.89. The summed E-state index contributed by atoms with van der Waals surface area (Å²) in [6.07, 6.45) is 2.76. The summed E-state index contributed by atoms with van der Waals surface area (Å²) in [7, 11) is 1.79. The molecule has 0 amide bonds. The molecule has 1 aromatic heterocycles. The molecule has 0 aliphatic heterocycles. The minimum atomic E-state index is 0.482. The second kappa shape index (κ2) is 6.15. The maximum Gasteiger partial charge on any atom is 0.242 e. The quantitative estimate of drug-likeness (QED) is 0.771. The van der Waals surface area contributed by atoms with Gasteiger partial charge in [0.25, 0.3) is 0 Å². The number of nitrogens with zero attached hydrogens (tertiary/aromatic N) is 2. The highest BCUT2D eigenvalue weighted by molar-refractivity contribution is 5.66. The number of nitrogen functional groups attached to an aromatic ring is 1. The van der Waals surface area contributed by atoms with Crippen LogP contribution in [0.3, 0.4) is 0 Å². The van der Waals surface area contributed by atoms with Gasteiger partial charge in [0.15, 0.2) is 5.82 Å². The van der Waals surface area contributed by atoms with Crippen molar-refractivity contribution in [3.05, 3.63) is 5.82 Å². The van der Waals surface area contributed by atoms with Crippen molar-refractivity contribution in [2.75, 3.05) is 24.7 Å². The van der Waals surface area contributed by atoms with Crippen molar-refractivity contribution in [3.63, 3.8) is 0 Å². The molecule has 5 heteroatoms. The number of hydrogen-bond donors (Lipinski definition) is 2. The summed E-state index contributed by atoms with van der Waals surface area (Å²) in [5.41, 5.74) is 6.37. The lowest BCUT2D eigenvalue weighted by molar-refractivity contribution is 0.305. The van der Waals surface area contributed by atoms with Crippen LogP contribution in [0, 0.1) is 0 Å². The molecular weight excluding hydrogens is 204 g/mol. The molecule has 1 aromatic rings. The van der Waals surface area contributed by atoms with E-state index in [1.165, 1.54) is 0 Å². The predicted octanol–water partition coefficient (Wildman–Crippen LogP) is 1.84. The van der Waals surface area contributed by atoms with Crippen LogP contribution in [0.1, 0.15) is 32.5 Å². The molecule has 1 heterocycles. The van der Waals surface area contributed by atoms with E-state index < -0.39 is 0 Å². The van der Waals surface area contributed by atoms with E-state index in [1.807, 2.05) is 6.92 Å². The van der Waals surface area contributed by atoms with E-state index in [2.05, 4.69) is 22.2 Å². The van der Waals surface area contributed by atoms with Gasteiger partial charge in [0.2, 0.25) is 5.88 Å². The molecule has 0 aliphatic carbocycles. The average molecular weight is 224 g/mol. The Morgan fingerprint density at radius 3 is 2.56 bits per heavy atom. The summed E-state index contributed by atoms with van der Waals surface area (Å²) in [6.45, 7) is 4.75. The van der Waals surface area contributed by atoms with E-state index in [9.17, 15) is 0 Å².